The van der Waals surface area contributed by atoms with Gasteiger partial charge in [0.15, 0.2) is 0 Å². The lowest BCUT2D eigenvalue weighted by Gasteiger charge is -2.37. The van der Waals surface area contributed by atoms with Gasteiger partial charge in [-0.2, -0.15) is 0 Å². The molecule has 0 saturated heterocycles. The third kappa shape index (κ3) is 10.4. The van der Waals surface area contributed by atoms with E-state index in [-0.39, 0.29) is 48.9 Å². The Balaban J connectivity index is 1.58. The molecule has 0 saturated carbocycles. The number of amides is 4. The van der Waals surface area contributed by atoms with E-state index in [0.717, 1.165) is 36.0 Å². The number of ether oxygens (including phenoxy) is 1. The van der Waals surface area contributed by atoms with Crippen molar-refractivity contribution in [2.75, 3.05) is 32.1 Å². The number of rotatable bonds is 16. The number of hydrogen-bond donors (Lipinski definition) is 2. The molecule has 0 spiro atoms. The molecule has 0 bridgehead atoms. The molecule has 0 aromatic heterocycles. The van der Waals surface area contributed by atoms with Crippen molar-refractivity contribution in [1.82, 2.24) is 9.80 Å². The summed E-state index contributed by atoms with van der Waals surface area (Å²) in [5.74, 6) is -1.28. The highest BCUT2D eigenvalue weighted by Gasteiger charge is 2.34. The highest BCUT2D eigenvalue weighted by Crippen LogP contribution is 2.36. The van der Waals surface area contributed by atoms with Crippen LogP contribution in [0.3, 0.4) is 0 Å². The fourth-order valence-electron chi connectivity index (χ4n) is 6.17. The van der Waals surface area contributed by atoms with Crippen LogP contribution in [0.2, 0.25) is 0 Å². The summed E-state index contributed by atoms with van der Waals surface area (Å²) in [4.78, 5) is 55.0. The predicted octanol–water partition coefficient (Wildman–Crippen LogP) is 6.96. The number of anilines is 1. The van der Waals surface area contributed by atoms with Crippen LogP contribution in [0, 0.1) is 0 Å². The van der Waals surface area contributed by atoms with Crippen LogP contribution in [-0.2, 0) is 32.7 Å². The van der Waals surface area contributed by atoms with Crippen LogP contribution in [0.1, 0.15) is 109 Å². The average Bonchev–Trinajstić information content (AvgIpc) is 3.09. The summed E-state index contributed by atoms with van der Waals surface area (Å²) in [5, 5.41) is 2.92. The Kier molecular flexibility index (Phi) is 13.5. The molecule has 1 heterocycles. The molecule has 0 fully saturated rings. The van der Waals surface area contributed by atoms with Gasteiger partial charge in [-0.3, -0.25) is 19.2 Å². The van der Waals surface area contributed by atoms with Crippen LogP contribution in [0.5, 0.6) is 0 Å². The van der Waals surface area contributed by atoms with Crippen molar-refractivity contribution in [2.45, 2.75) is 84.2 Å². The first-order valence-corrected chi connectivity index (χ1v) is 17.6. The van der Waals surface area contributed by atoms with Crippen molar-refractivity contribution >= 4 is 29.3 Å². The Bertz CT molecular complexity index is 1660. The van der Waals surface area contributed by atoms with E-state index in [4.69, 9.17) is 10.5 Å². The first-order valence-electron chi connectivity index (χ1n) is 17.6. The third-order valence-corrected chi connectivity index (χ3v) is 9.07. The van der Waals surface area contributed by atoms with Crippen LogP contribution < -0.4 is 11.1 Å². The number of carbonyl (C=O) groups excluding carboxylic acids is 4. The Morgan fingerprint density at radius 2 is 1.72 bits per heavy atom. The molecule has 266 valence electrons. The van der Waals surface area contributed by atoms with E-state index in [9.17, 15) is 19.2 Å². The van der Waals surface area contributed by atoms with Crippen molar-refractivity contribution in [1.29, 1.82) is 0 Å². The molecule has 0 aliphatic carbocycles. The van der Waals surface area contributed by atoms with Crippen molar-refractivity contribution in [3.8, 4) is 0 Å². The minimum atomic E-state index is -0.603. The molecule has 3 aromatic rings. The molecule has 9 heteroatoms. The number of benzene rings is 3. The molecule has 1 aliphatic heterocycles. The Hall–Kier alpha value is -4.76. The van der Waals surface area contributed by atoms with Gasteiger partial charge in [-0.05, 0) is 77.3 Å². The van der Waals surface area contributed by atoms with Gasteiger partial charge in [-0.25, -0.2) is 0 Å². The Labute approximate surface area is 296 Å². The van der Waals surface area contributed by atoms with Gasteiger partial charge in [0.05, 0.1) is 19.2 Å². The van der Waals surface area contributed by atoms with Crippen LogP contribution in [-0.4, -0.2) is 60.2 Å². The predicted molar refractivity (Wildman–Crippen MR) is 198 cm³/mol. The maximum atomic E-state index is 14.3. The number of allylic oxidation sites excluding steroid dienone is 1. The molecule has 3 aromatic carbocycles. The summed E-state index contributed by atoms with van der Waals surface area (Å²) in [6.07, 6.45) is 9.51. The van der Waals surface area contributed by atoms with E-state index in [0.29, 0.717) is 29.8 Å². The summed E-state index contributed by atoms with van der Waals surface area (Å²) in [7, 11) is 1.53. The minimum Gasteiger partial charge on any atom is -0.383 e. The minimum absolute atomic E-state index is 0.00591. The largest absolute Gasteiger partial charge is 0.383 e. The fourth-order valence-corrected chi connectivity index (χ4v) is 6.17. The smallest absolute Gasteiger partial charge is 0.255 e. The molecule has 3 N–H and O–H groups in total. The summed E-state index contributed by atoms with van der Waals surface area (Å²) >= 11 is 0. The second-order valence-corrected chi connectivity index (χ2v) is 14.0. The van der Waals surface area contributed by atoms with Gasteiger partial charge in [-0.1, -0.05) is 95.5 Å². The second-order valence-electron chi connectivity index (χ2n) is 14.0. The van der Waals surface area contributed by atoms with Gasteiger partial charge in [0.25, 0.3) is 11.8 Å². The Morgan fingerprint density at radius 3 is 2.36 bits per heavy atom. The Morgan fingerprint density at radius 1 is 1.00 bits per heavy atom. The van der Waals surface area contributed by atoms with Crippen molar-refractivity contribution < 1.29 is 23.9 Å². The van der Waals surface area contributed by atoms with Gasteiger partial charge in [0.2, 0.25) is 11.8 Å². The number of nitrogens with two attached hydrogens (primary N) is 1. The summed E-state index contributed by atoms with van der Waals surface area (Å²) < 4.78 is 5.10. The van der Waals surface area contributed by atoms with E-state index in [1.807, 2.05) is 35.2 Å². The molecule has 9 nitrogen and oxygen atoms in total. The highest BCUT2D eigenvalue weighted by atomic mass is 16.5. The molecular weight excluding hydrogens is 628 g/mol. The quantitative estimate of drug-likeness (QED) is 0.125. The zero-order valence-corrected chi connectivity index (χ0v) is 30.2. The number of methoxy groups -OCH3 is 1. The van der Waals surface area contributed by atoms with Gasteiger partial charge in [0, 0.05) is 37.0 Å². The lowest BCUT2D eigenvalue weighted by Crippen LogP contribution is -2.40. The van der Waals surface area contributed by atoms with Crippen molar-refractivity contribution in [3.63, 3.8) is 0 Å². The zero-order valence-electron chi connectivity index (χ0n) is 30.2. The number of unbranched alkanes of at least 4 members (excludes halogenated alkanes) is 4. The number of primary amides is 1. The zero-order chi connectivity index (χ0) is 36.3. The number of hydrogen-bond acceptors (Lipinski definition) is 5. The first-order chi connectivity index (χ1) is 23.9. The number of nitrogens with one attached hydrogen (secondary N) is 1. The van der Waals surface area contributed by atoms with E-state index in [2.05, 4.69) is 57.3 Å². The summed E-state index contributed by atoms with van der Waals surface area (Å²) in [6.45, 7) is 9.30. The second kappa shape index (κ2) is 17.8. The molecule has 0 radical (unpaired) electrons. The maximum Gasteiger partial charge on any atom is 0.255 e. The van der Waals surface area contributed by atoms with Crippen LogP contribution in [0.4, 0.5) is 5.69 Å². The summed E-state index contributed by atoms with van der Waals surface area (Å²) in [6, 6.07) is 20.9. The van der Waals surface area contributed by atoms with Crippen LogP contribution in [0.15, 0.2) is 78.9 Å². The van der Waals surface area contributed by atoms with Gasteiger partial charge in [-0.15, -0.1) is 0 Å². The monoisotopic (exact) mass is 680 g/mol. The molecule has 50 heavy (non-hydrogen) atoms. The first kappa shape index (κ1) is 38.0. The number of carbonyl (C=O) groups is 4. The van der Waals surface area contributed by atoms with E-state index < -0.39 is 5.91 Å². The lowest BCUT2D eigenvalue weighted by molar-refractivity contribution is -0.118. The molecular formula is C41H52N4O5. The third-order valence-electron chi connectivity index (χ3n) is 9.07. The molecule has 4 amide bonds. The molecule has 1 aliphatic rings. The van der Waals surface area contributed by atoms with Gasteiger partial charge in [0.1, 0.15) is 0 Å². The standard InChI is InChI=1S/C41H52N4O5/c1-6-7-8-9-10-11-12-38(47)43-34-22-19-32-25-36(30-17-20-33(21-18-30)41(2,3)4)45(40(49)35(32)26-34)27-29-13-15-31(16-14-29)39(48)44(23-24-50-5)28-37(42)46/h11-22,26,36H,6-10,23-25,27-28H2,1-5H3,(H2,42,46)(H,43,47)/b12-11+. The molecule has 1 atom stereocenters. The summed E-state index contributed by atoms with van der Waals surface area (Å²) in [5.41, 5.74) is 10.9. The van der Waals surface area contributed by atoms with Gasteiger partial charge < -0.3 is 25.6 Å². The lowest BCUT2D eigenvalue weighted by atomic mass is 9.84. The van der Waals surface area contributed by atoms with Crippen LogP contribution in [0.25, 0.3) is 0 Å². The SMILES string of the molecule is CCCCCC/C=C/C(=O)Nc1ccc2c(c1)C(=O)N(Cc1ccc(C(=O)N(CCOC)CC(N)=O)cc1)C(c1ccc(C(C)(C)C)cc1)C2. The fraction of sp³-hybridized carbons (Fsp3) is 0.415. The number of nitrogens with zero attached hydrogens (tertiary/aromatic N) is 2. The highest BCUT2D eigenvalue weighted by molar-refractivity contribution is 6.02. The van der Waals surface area contributed by atoms with E-state index in [1.165, 1.54) is 30.4 Å². The van der Waals surface area contributed by atoms with E-state index in [1.54, 1.807) is 24.3 Å². The molecule has 1 unspecified atom stereocenters. The topological polar surface area (TPSA) is 122 Å². The van der Waals surface area contributed by atoms with E-state index >= 15 is 0 Å². The van der Waals surface area contributed by atoms with Crippen molar-refractivity contribution in [2.24, 2.45) is 5.73 Å². The average molecular weight is 681 g/mol. The van der Waals surface area contributed by atoms with Gasteiger partial charge >= 0.3 is 0 Å². The van der Waals surface area contributed by atoms with Crippen molar-refractivity contribution in [3.05, 3.63) is 112 Å². The normalized spacial score (nSPS) is 14.5. The number of fused-ring (bicyclic) bond motifs is 1. The maximum absolute atomic E-state index is 14.3. The van der Waals surface area contributed by atoms with Crippen LogP contribution >= 0.6 is 0 Å². The molecule has 4 rings (SSSR count).